The van der Waals surface area contributed by atoms with Crippen LogP contribution in [0.4, 0.5) is 0 Å². The maximum atomic E-state index is 11.4. The van der Waals surface area contributed by atoms with Gasteiger partial charge >= 0.3 is 29.6 Å². The van der Waals surface area contributed by atoms with Gasteiger partial charge in [0, 0.05) is 11.1 Å². The number of hydrogen-bond acceptors (Lipinski definition) is 3. The van der Waals surface area contributed by atoms with E-state index in [0.717, 1.165) is 12.8 Å². The van der Waals surface area contributed by atoms with Crippen molar-refractivity contribution in [3.63, 3.8) is 0 Å². The first-order valence-electron chi connectivity index (χ1n) is 5.42. The van der Waals surface area contributed by atoms with Gasteiger partial charge in [-0.05, 0) is 25.3 Å². The molecule has 1 rings (SSSR count). The summed E-state index contributed by atoms with van der Waals surface area (Å²) in [6.45, 7) is 3.47. The predicted octanol–water partition coefficient (Wildman–Crippen LogP) is -1.40. The molecule has 86 valence electrons. The number of hydrogen-bond donors (Lipinski definition) is 0. The van der Waals surface area contributed by atoms with Crippen LogP contribution in [0.25, 0.3) is 0 Å². The number of rotatable bonds is 5. The van der Waals surface area contributed by atoms with Crippen LogP contribution < -0.4 is 34.7 Å². The van der Waals surface area contributed by atoms with Crippen LogP contribution in [0, 0.1) is 0 Å². The van der Waals surface area contributed by atoms with Crippen molar-refractivity contribution in [3.8, 4) is 0 Å². The Morgan fingerprint density at radius 3 is 2.29 bits per heavy atom. The number of ketones is 1. The van der Waals surface area contributed by atoms with Crippen molar-refractivity contribution in [1.29, 1.82) is 0 Å². The molecule has 4 heteroatoms. The van der Waals surface area contributed by atoms with Gasteiger partial charge in [-0.3, -0.25) is 4.79 Å². The van der Waals surface area contributed by atoms with Crippen molar-refractivity contribution < 1.29 is 44.3 Å². The van der Waals surface area contributed by atoms with Crippen LogP contribution in [0.3, 0.4) is 0 Å². The van der Waals surface area contributed by atoms with Gasteiger partial charge < -0.3 is 9.90 Å². The number of carbonyl (C=O) groups excluding carboxylic acids is 2. The third-order valence-electron chi connectivity index (χ3n) is 2.56. The molecular formula is C13H15NaO3. The minimum Gasteiger partial charge on any atom is -0.545 e. The van der Waals surface area contributed by atoms with E-state index >= 15 is 0 Å². The maximum Gasteiger partial charge on any atom is 1.00 e. The predicted molar refractivity (Wildman–Crippen MR) is 59.4 cm³/mol. The molecule has 0 unspecified atom stereocenters. The van der Waals surface area contributed by atoms with Gasteiger partial charge in [0.2, 0.25) is 0 Å². The van der Waals surface area contributed by atoms with E-state index in [1.807, 2.05) is 6.92 Å². The van der Waals surface area contributed by atoms with Gasteiger partial charge in [0.05, 0.1) is 5.97 Å². The van der Waals surface area contributed by atoms with Gasteiger partial charge in [-0.25, -0.2) is 0 Å². The van der Waals surface area contributed by atoms with Gasteiger partial charge in [-0.2, -0.15) is 0 Å². The molecule has 0 spiro atoms. The van der Waals surface area contributed by atoms with Crippen molar-refractivity contribution in [3.05, 3.63) is 34.9 Å². The Morgan fingerprint density at radius 2 is 1.82 bits per heavy atom. The molecule has 3 nitrogen and oxygen atoms in total. The molecule has 0 aromatic heterocycles. The van der Waals surface area contributed by atoms with Gasteiger partial charge in [0.25, 0.3) is 0 Å². The second kappa shape index (κ2) is 7.64. The first-order valence-corrected chi connectivity index (χ1v) is 5.42. The molecule has 17 heavy (non-hydrogen) atoms. The quantitative estimate of drug-likeness (QED) is 0.471. The van der Waals surface area contributed by atoms with E-state index < -0.39 is 5.97 Å². The molecule has 0 bridgehead atoms. The summed E-state index contributed by atoms with van der Waals surface area (Å²) in [6, 6.07) is 4.74. The molecule has 0 aliphatic carbocycles. The molecule has 0 N–H and O–H groups in total. The van der Waals surface area contributed by atoms with E-state index in [9.17, 15) is 14.7 Å². The zero-order valence-electron chi connectivity index (χ0n) is 10.6. The molecule has 0 saturated heterocycles. The zero-order chi connectivity index (χ0) is 12.1. The van der Waals surface area contributed by atoms with E-state index in [1.54, 1.807) is 12.1 Å². The Bertz CT molecular complexity index is 381. The number of benzene rings is 1. The normalized spacial score (nSPS) is 9.53. The molecule has 0 aliphatic rings. The Morgan fingerprint density at radius 1 is 1.24 bits per heavy atom. The molecular weight excluding hydrogens is 227 g/mol. The van der Waals surface area contributed by atoms with E-state index in [-0.39, 0.29) is 40.9 Å². The smallest absolute Gasteiger partial charge is 0.545 e. The van der Waals surface area contributed by atoms with Crippen LogP contribution in [0.1, 0.15) is 53.0 Å². The number of aromatic carboxylic acids is 1. The van der Waals surface area contributed by atoms with Crippen LogP contribution in [0.5, 0.6) is 0 Å². The summed E-state index contributed by atoms with van der Waals surface area (Å²) in [6.07, 6.45) is 2.43. The summed E-state index contributed by atoms with van der Waals surface area (Å²) >= 11 is 0. The second-order valence-corrected chi connectivity index (χ2v) is 3.78. The number of Topliss-reactive ketones (excluding diaryl/α,β-unsaturated/α-hetero) is 1. The summed E-state index contributed by atoms with van der Waals surface area (Å²) in [5.41, 5.74) is 1.24. The molecule has 0 saturated carbocycles. The van der Waals surface area contributed by atoms with Crippen LogP contribution in [0.15, 0.2) is 18.2 Å². The fraction of sp³-hybridized carbons (Fsp3) is 0.385. The monoisotopic (exact) mass is 242 g/mol. The molecule has 0 amide bonds. The third-order valence-corrected chi connectivity index (χ3v) is 2.56. The first kappa shape index (κ1) is 16.4. The van der Waals surface area contributed by atoms with Crippen LogP contribution in [0.2, 0.25) is 0 Å². The summed E-state index contributed by atoms with van der Waals surface area (Å²) in [5.74, 6) is -1.32. The van der Waals surface area contributed by atoms with Crippen molar-refractivity contribution in [2.75, 3.05) is 0 Å². The van der Waals surface area contributed by atoms with Crippen LogP contribution in [-0.2, 0) is 6.42 Å². The standard InChI is InChI=1S/C13H16O3.Na/c1-3-4-6-11-10(9(2)14)7-5-8-12(11)13(15)16;/h5,7-8H,3-4,6H2,1-2H3,(H,15,16);/q;+1/p-1. The molecule has 0 fully saturated rings. The minimum absolute atomic E-state index is 0. The van der Waals surface area contributed by atoms with Crippen molar-refractivity contribution in [2.24, 2.45) is 0 Å². The number of unbranched alkanes of at least 4 members (excludes halogenated alkanes) is 1. The Labute approximate surface area is 124 Å². The van der Waals surface area contributed by atoms with Crippen molar-refractivity contribution in [2.45, 2.75) is 33.1 Å². The number of carbonyl (C=O) groups is 2. The molecule has 0 atom stereocenters. The summed E-state index contributed by atoms with van der Waals surface area (Å²) < 4.78 is 0. The van der Waals surface area contributed by atoms with Crippen LogP contribution in [-0.4, -0.2) is 11.8 Å². The number of carboxylic acids is 1. The topological polar surface area (TPSA) is 57.2 Å². The zero-order valence-corrected chi connectivity index (χ0v) is 12.6. The Hall–Kier alpha value is -0.640. The average molecular weight is 242 g/mol. The molecule has 0 radical (unpaired) electrons. The summed E-state index contributed by atoms with van der Waals surface area (Å²) in [5, 5.41) is 10.9. The van der Waals surface area contributed by atoms with Gasteiger partial charge in [0.1, 0.15) is 0 Å². The average Bonchev–Trinajstić information content (AvgIpc) is 2.25. The number of carboxylic acid groups (broad SMARTS) is 1. The minimum atomic E-state index is -1.21. The fourth-order valence-corrected chi connectivity index (χ4v) is 1.73. The van der Waals surface area contributed by atoms with E-state index in [4.69, 9.17) is 0 Å². The van der Waals surface area contributed by atoms with E-state index in [1.165, 1.54) is 13.0 Å². The van der Waals surface area contributed by atoms with E-state index in [2.05, 4.69) is 0 Å². The van der Waals surface area contributed by atoms with Gasteiger partial charge in [0.15, 0.2) is 5.78 Å². The molecule has 0 aliphatic heterocycles. The fourth-order valence-electron chi connectivity index (χ4n) is 1.73. The maximum absolute atomic E-state index is 11.4. The van der Waals surface area contributed by atoms with Crippen molar-refractivity contribution >= 4 is 11.8 Å². The largest absolute Gasteiger partial charge is 1.00 e. The Kier molecular flexibility index (Phi) is 7.35. The SMILES string of the molecule is CCCCc1c(C(C)=O)cccc1C(=O)[O-].[Na+]. The van der Waals surface area contributed by atoms with E-state index in [0.29, 0.717) is 17.5 Å². The molecule has 0 heterocycles. The summed E-state index contributed by atoms with van der Waals surface area (Å²) in [4.78, 5) is 22.3. The van der Waals surface area contributed by atoms with Gasteiger partial charge in [-0.1, -0.05) is 31.5 Å². The first-order chi connectivity index (χ1) is 7.57. The van der Waals surface area contributed by atoms with Gasteiger partial charge in [-0.15, -0.1) is 0 Å². The summed E-state index contributed by atoms with van der Waals surface area (Å²) in [7, 11) is 0. The van der Waals surface area contributed by atoms with Crippen molar-refractivity contribution in [1.82, 2.24) is 0 Å². The molecule has 1 aromatic rings. The molecule has 1 aromatic carbocycles. The second-order valence-electron chi connectivity index (χ2n) is 3.78. The van der Waals surface area contributed by atoms with Crippen LogP contribution >= 0.6 is 0 Å². The third kappa shape index (κ3) is 4.26. The Balaban J connectivity index is 0.00000256.